The Morgan fingerprint density at radius 3 is 1.41 bits per heavy atom. The van der Waals surface area contributed by atoms with Crippen LogP contribution in [-0.2, 0) is 5.41 Å². The number of hydrogen-bond donors (Lipinski definition) is 0. The molecule has 56 heavy (non-hydrogen) atoms. The molecule has 2 aliphatic rings. The quantitative estimate of drug-likeness (QED) is 0.176. The van der Waals surface area contributed by atoms with E-state index in [0.717, 1.165) is 44.8 Å². The zero-order chi connectivity index (χ0) is 37.1. The fourth-order valence-corrected chi connectivity index (χ4v) is 10.0. The van der Waals surface area contributed by atoms with Crippen molar-refractivity contribution in [1.29, 1.82) is 0 Å². The van der Waals surface area contributed by atoms with E-state index in [1.165, 1.54) is 48.7 Å². The van der Waals surface area contributed by atoms with Crippen LogP contribution in [0, 0.1) is 0 Å². The lowest BCUT2D eigenvalue weighted by atomic mass is 9.67. The van der Waals surface area contributed by atoms with Crippen molar-refractivity contribution in [2.75, 3.05) is 0 Å². The van der Waals surface area contributed by atoms with Gasteiger partial charge in [-0.1, -0.05) is 182 Å². The summed E-state index contributed by atoms with van der Waals surface area (Å²) in [7, 11) is 0. The molecule has 3 heteroatoms. The second kappa shape index (κ2) is 13.2. The molecule has 1 spiro atoms. The van der Waals surface area contributed by atoms with Crippen LogP contribution in [0.4, 0.5) is 0 Å². The maximum Gasteiger partial charge on any atom is 0.160 e. The van der Waals surface area contributed by atoms with Crippen LogP contribution in [0.15, 0.2) is 216 Å². The van der Waals surface area contributed by atoms with Crippen LogP contribution in [0.3, 0.4) is 0 Å². The van der Waals surface area contributed by atoms with Gasteiger partial charge in [-0.05, 0) is 92.0 Å². The van der Waals surface area contributed by atoms with E-state index in [1.54, 1.807) is 0 Å². The van der Waals surface area contributed by atoms with Gasteiger partial charge in [0.25, 0.3) is 0 Å². The molecule has 11 rings (SSSR count). The molecule has 2 heterocycles. The smallest absolute Gasteiger partial charge is 0.160 e. The molecule has 1 aliphatic carbocycles. The first kappa shape index (κ1) is 32.6. The van der Waals surface area contributed by atoms with Gasteiger partial charge >= 0.3 is 0 Å². The Morgan fingerprint density at radius 1 is 0.304 bits per heavy atom. The number of fused-ring (bicyclic) bond motifs is 9. The van der Waals surface area contributed by atoms with E-state index >= 15 is 0 Å². The number of benzene rings is 8. The zero-order valence-electron chi connectivity index (χ0n) is 30.4. The van der Waals surface area contributed by atoms with E-state index in [1.807, 2.05) is 11.8 Å². The van der Waals surface area contributed by atoms with Crippen molar-refractivity contribution < 1.29 is 0 Å². The van der Waals surface area contributed by atoms with Crippen molar-refractivity contribution in [3.63, 3.8) is 0 Å². The highest BCUT2D eigenvalue weighted by molar-refractivity contribution is 7.99. The largest absolute Gasteiger partial charge is 0.228 e. The van der Waals surface area contributed by atoms with Gasteiger partial charge < -0.3 is 0 Å². The van der Waals surface area contributed by atoms with Crippen molar-refractivity contribution in [3.05, 3.63) is 229 Å². The van der Waals surface area contributed by atoms with E-state index in [-0.39, 0.29) is 0 Å². The summed E-state index contributed by atoms with van der Waals surface area (Å²) in [4.78, 5) is 13.3. The molecular formula is C53H34N2S. The van der Waals surface area contributed by atoms with Gasteiger partial charge in [0, 0.05) is 26.5 Å². The molecule has 0 fully saturated rings. The van der Waals surface area contributed by atoms with Gasteiger partial charge in [-0.15, -0.1) is 0 Å². The van der Waals surface area contributed by atoms with Crippen LogP contribution in [0.25, 0.3) is 67.3 Å². The molecule has 0 saturated carbocycles. The number of nitrogens with zero attached hydrogens (tertiary/aromatic N) is 2. The molecule has 1 aliphatic heterocycles. The number of hydrogen-bond acceptors (Lipinski definition) is 3. The highest BCUT2D eigenvalue weighted by Crippen LogP contribution is 2.62. The molecule has 0 N–H and O–H groups in total. The average molecular weight is 731 g/mol. The summed E-state index contributed by atoms with van der Waals surface area (Å²) < 4.78 is 0. The monoisotopic (exact) mass is 730 g/mol. The molecule has 9 aromatic rings. The van der Waals surface area contributed by atoms with Gasteiger partial charge in [0.2, 0.25) is 0 Å². The molecule has 1 aromatic heterocycles. The van der Waals surface area contributed by atoms with Crippen LogP contribution in [-0.4, -0.2) is 9.97 Å². The average Bonchev–Trinajstić information content (AvgIpc) is 3.57. The van der Waals surface area contributed by atoms with Crippen LogP contribution < -0.4 is 0 Å². The van der Waals surface area contributed by atoms with Crippen LogP contribution >= 0.6 is 11.8 Å². The van der Waals surface area contributed by atoms with Crippen molar-refractivity contribution in [3.8, 4) is 67.3 Å². The lowest BCUT2D eigenvalue weighted by molar-refractivity contribution is 0.722. The molecule has 8 aromatic carbocycles. The van der Waals surface area contributed by atoms with Crippen LogP contribution in [0.2, 0.25) is 0 Å². The Labute approximate surface area is 331 Å². The lowest BCUT2D eigenvalue weighted by Gasteiger charge is -2.39. The van der Waals surface area contributed by atoms with Gasteiger partial charge in [-0.25, -0.2) is 9.97 Å². The first-order valence-corrected chi connectivity index (χ1v) is 19.9. The Balaban J connectivity index is 1.14. The molecule has 0 bridgehead atoms. The predicted octanol–water partition coefficient (Wildman–Crippen LogP) is 13.6. The van der Waals surface area contributed by atoms with Crippen molar-refractivity contribution in [2.24, 2.45) is 0 Å². The highest BCUT2D eigenvalue weighted by atomic mass is 32.2. The summed E-state index contributed by atoms with van der Waals surface area (Å²) in [6.45, 7) is 0. The van der Waals surface area contributed by atoms with Crippen molar-refractivity contribution in [1.82, 2.24) is 9.97 Å². The Morgan fingerprint density at radius 2 is 0.768 bits per heavy atom. The molecule has 0 unspecified atom stereocenters. The third-order valence-electron chi connectivity index (χ3n) is 11.4. The summed E-state index contributed by atoms with van der Waals surface area (Å²) >= 11 is 1.86. The fourth-order valence-electron chi connectivity index (χ4n) is 8.84. The van der Waals surface area contributed by atoms with Gasteiger partial charge in [0.15, 0.2) is 5.82 Å². The summed E-state index contributed by atoms with van der Waals surface area (Å²) in [5.41, 5.74) is 16.9. The van der Waals surface area contributed by atoms with E-state index < -0.39 is 5.41 Å². The third-order valence-corrected chi connectivity index (χ3v) is 12.5. The molecule has 2 nitrogen and oxygen atoms in total. The molecule has 262 valence electrons. The molecular weight excluding hydrogens is 697 g/mol. The van der Waals surface area contributed by atoms with Crippen molar-refractivity contribution >= 4 is 11.8 Å². The van der Waals surface area contributed by atoms with Crippen molar-refractivity contribution in [2.45, 2.75) is 15.2 Å². The summed E-state index contributed by atoms with van der Waals surface area (Å²) in [6.07, 6.45) is 0. The number of rotatable bonds is 5. The van der Waals surface area contributed by atoms with Gasteiger partial charge in [0.1, 0.15) is 0 Å². The Hall–Kier alpha value is -6.81. The minimum Gasteiger partial charge on any atom is -0.228 e. The first-order chi connectivity index (χ1) is 27.7. The number of aromatic nitrogens is 2. The highest BCUT2D eigenvalue weighted by Gasteiger charge is 2.50. The summed E-state index contributed by atoms with van der Waals surface area (Å²) in [5.74, 6) is 0.698. The lowest BCUT2D eigenvalue weighted by Crippen LogP contribution is -2.32. The van der Waals surface area contributed by atoms with E-state index in [9.17, 15) is 0 Å². The van der Waals surface area contributed by atoms with Crippen LogP contribution in [0.1, 0.15) is 22.3 Å². The zero-order valence-corrected chi connectivity index (χ0v) is 31.2. The van der Waals surface area contributed by atoms with Gasteiger partial charge in [-0.3, -0.25) is 0 Å². The van der Waals surface area contributed by atoms with Gasteiger partial charge in [0.05, 0.1) is 16.8 Å². The maximum absolute atomic E-state index is 5.39. The Bertz CT molecular complexity index is 2800. The van der Waals surface area contributed by atoms with E-state index in [0.29, 0.717) is 5.82 Å². The molecule has 0 amide bonds. The minimum absolute atomic E-state index is 0.465. The predicted molar refractivity (Wildman–Crippen MR) is 231 cm³/mol. The molecule has 0 radical (unpaired) electrons. The van der Waals surface area contributed by atoms with E-state index in [2.05, 4.69) is 206 Å². The third kappa shape index (κ3) is 5.20. The minimum atomic E-state index is -0.465. The topological polar surface area (TPSA) is 25.8 Å². The van der Waals surface area contributed by atoms with E-state index in [4.69, 9.17) is 9.97 Å². The summed E-state index contributed by atoms with van der Waals surface area (Å²) in [5, 5.41) is 0. The second-order valence-corrected chi connectivity index (χ2v) is 15.6. The SMILES string of the molecule is c1ccc(-c2cccc(-c3cc(-c4ccc5c(c4)C4(c6ccccc6S5)c5ccccc5-c5ccccc54)nc(-c4cccc(-c5ccccc5)c4)n3)c2)cc1. The second-order valence-electron chi connectivity index (χ2n) is 14.5. The molecule has 0 atom stereocenters. The fraction of sp³-hybridized carbons (Fsp3) is 0.0189. The molecule has 0 saturated heterocycles. The standard InChI is InChI=1S/C53H34N2S/c1-3-15-35(16-4-1)37-19-13-21-39(31-37)48-34-49(55-52(54-48)41-22-14-20-38(32-41)36-17-5-2-6-18-36)40-29-30-51-47(33-40)53(46-27-11-12-28-50(46)56-51)44-25-9-7-23-42(44)43-24-8-10-26-45(43)53/h1-34H. The Kier molecular flexibility index (Phi) is 7.68. The maximum atomic E-state index is 5.39. The van der Waals surface area contributed by atoms with Gasteiger partial charge in [-0.2, -0.15) is 0 Å². The van der Waals surface area contributed by atoms with Crippen LogP contribution in [0.5, 0.6) is 0 Å². The summed E-state index contributed by atoms with van der Waals surface area (Å²) in [6, 6.07) is 74.4. The normalized spacial score (nSPS) is 13.1. The first-order valence-electron chi connectivity index (χ1n) is 19.1.